The van der Waals surface area contributed by atoms with E-state index >= 15 is 0 Å². The highest BCUT2D eigenvalue weighted by molar-refractivity contribution is 7.26. The minimum Gasteiger partial charge on any atom is -0.505 e. The largest absolute Gasteiger partial charge is 0.505 e. The van der Waals surface area contributed by atoms with Crippen molar-refractivity contribution < 1.29 is 39.2 Å². The number of nitrogens with zero attached hydrogens (tertiary/aromatic N) is 2. The first-order chi connectivity index (χ1) is 22.4. The van der Waals surface area contributed by atoms with Gasteiger partial charge >= 0.3 is 11.9 Å². The quantitative estimate of drug-likeness (QED) is 0.151. The number of carboxylic acid groups (broad SMARTS) is 2. The lowest BCUT2D eigenvalue weighted by Gasteiger charge is -2.18. The molecule has 240 valence electrons. The van der Waals surface area contributed by atoms with Crippen LogP contribution >= 0.6 is 22.7 Å². The first-order valence-corrected chi connectivity index (χ1v) is 15.5. The number of hydrogen-bond acceptors (Lipinski definition) is 10. The summed E-state index contributed by atoms with van der Waals surface area (Å²) in [6.45, 7) is -0.251. The molecule has 1 atom stereocenters. The fourth-order valence-corrected chi connectivity index (χ4v) is 7.68. The Hall–Kier alpha value is -5.74. The molecule has 2 amide bonds. The van der Waals surface area contributed by atoms with Gasteiger partial charge in [0.2, 0.25) is 0 Å². The van der Waals surface area contributed by atoms with E-state index in [1.54, 1.807) is 42.5 Å². The van der Waals surface area contributed by atoms with Crippen molar-refractivity contribution in [2.45, 2.75) is 19.7 Å². The summed E-state index contributed by atoms with van der Waals surface area (Å²) in [5.41, 5.74) is -2.40. The smallest absolute Gasteiger partial charge is 0.325 e. The third-order valence-electron chi connectivity index (χ3n) is 7.52. The summed E-state index contributed by atoms with van der Waals surface area (Å²) in [5.74, 6) is -5.72. The van der Waals surface area contributed by atoms with E-state index in [-0.39, 0.29) is 16.0 Å². The molecule has 5 N–H and O–H groups in total. The molecule has 0 saturated carbocycles. The summed E-state index contributed by atoms with van der Waals surface area (Å²) in [5, 5.41) is 35.2. The lowest BCUT2D eigenvalue weighted by Crippen LogP contribution is -2.41. The lowest BCUT2D eigenvalue weighted by atomic mass is 10.1. The number of fused-ring (bicyclic) bond motifs is 6. The highest BCUT2D eigenvalue weighted by Gasteiger charge is 2.29. The van der Waals surface area contributed by atoms with Gasteiger partial charge < -0.3 is 35.3 Å². The topological polar surface area (TPSA) is 206 Å². The predicted octanol–water partition coefficient (Wildman–Crippen LogP) is 3.04. The van der Waals surface area contributed by atoms with Crippen molar-refractivity contribution in [1.82, 2.24) is 19.8 Å². The van der Waals surface area contributed by atoms with Crippen LogP contribution in [0.5, 0.6) is 11.5 Å². The Balaban J connectivity index is 1.59. The zero-order valence-electron chi connectivity index (χ0n) is 24.5. The molecule has 0 unspecified atom stereocenters. The van der Waals surface area contributed by atoms with Gasteiger partial charge in [-0.15, -0.1) is 22.7 Å². The van der Waals surface area contributed by atoms with E-state index in [0.29, 0.717) is 25.7 Å². The van der Waals surface area contributed by atoms with Crippen molar-refractivity contribution >= 4 is 87.0 Å². The molecule has 4 aromatic heterocycles. The molecule has 47 heavy (non-hydrogen) atoms. The van der Waals surface area contributed by atoms with E-state index in [4.69, 9.17) is 9.84 Å². The minimum atomic E-state index is -1.37. The normalized spacial score (nSPS) is 12.0. The number of aromatic nitrogens is 2. The molecule has 6 aromatic rings. The van der Waals surface area contributed by atoms with Crippen LogP contribution in [0.4, 0.5) is 0 Å². The predicted molar refractivity (Wildman–Crippen MR) is 175 cm³/mol. The number of aryl methyl sites for hydroxylation is 1. The Morgan fingerprint density at radius 3 is 2.06 bits per heavy atom. The standard InChI is InChI=1S/C31H24N4O10S2/c1-13(31(43)44)33-28(40)20-24(26-21(34(2)29(20)41)14-7-3-5-9-16(14)47-26)45-12-35-22-15-8-4-6-10-17(15)46-25(22)23(38)19(30(35)42)27(39)32-11-18(36)37/h3-10,13,38H,11-12H2,1-2H3,(H,32,39)(H,33,40)(H,36,37)(H,43,44)/t13-/m0/s1. The average Bonchev–Trinajstić information content (AvgIpc) is 3.62. The Labute approximate surface area is 270 Å². The summed E-state index contributed by atoms with van der Waals surface area (Å²) in [6, 6.07) is 12.7. The molecule has 0 saturated heterocycles. The lowest BCUT2D eigenvalue weighted by molar-refractivity contribution is -0.139. The molecule has 0 fully saturated rings. The maximum atomic E-state index is 13.9. The fourth-order valence-electron chi connectivity index (χ4n) is 5.28. The van der Waals surface area contributed by atoms with E-state index in [1.807, 2.05) is 6.07 Å². The molecule has 0 aliphatic heterocycles. The number of benzene rings is 2. The molecule has 0 radical (unpaired) electrons. The van der Waals surface area contributed by atoms with Gasteiger partial charge in [0.25, 0.3) is 22.9 Å². The van der Waals surface area contributed by atoms with Crippen LogP contribution < -0.4 is 26.5 Å². The van der Waals surface area contributed by atoms with Gasteiger partial charge in [-0.05, 0) is 19.1 Å². The van der Waals surface area contributed by atoms with Crippen LogP contribution in [0, 0.1) is 0 Å². The van der Waals surface area contributed by atoms with Crippen molar-refractivity contribution in [2.24, 2.45) is 7.05 Å². The van der Waals surface area contributed by atoms with Gasteiger partial charge in [0, 0.05) is 27.2 Å². The van der Waals surface area contributed by atoms with Crippen LogP contribution in [-0.2, 0) is 23.4 Å². The van der Waals surface area contributed by atoms with Crippen molar-refractivity contribution in [1.29, 1.82) is 0 Å². The number of carbonyl (C=O) groups is 4. The van der Waals surface area contributed by atoms with Crippen molar-refractivity contribution in [3.05, 3.63) is 80.4 Å². The van der Waals surface area contributed by atoms with Gasteiger partial charge in [0.15, 0.2) is 18.2 Å². The van der Waals surface area contributed by atoms with Crippen LogP contribution in [0.25, 0.3) is 40.6 Å². The van der Waals surface area contributed by atoms with Crippen LogP contribution in [-0.4, -0.2) is 60.8 Å². The second-order valence-electron chi connectivity index (χ2n) is 10.5. The summed E-state index contributed by atoms with van der Waals surface area (Å²) >= 11 is 2.29. The van der Waals surface area contributed by atoms with Crippen molar-refractivity contribution in [3.63, 3.8) is 0 Å². The Bertz CT molecular complexity index is 2440. The molecule has 0 aliphatic rings. The number of carbonyl (C=O) groups excluding carboxylic acids is 2. The molecule has 6 rings (SSSR count). The van der Waals surface area contributed by atoms with Crippen molar-refractivity contribution in [3.8, 4) is 11.5 Å². The number of aliphatic carboxylic acids is 2. The number of ether oxygens (including phenoxy) is 1. The summed E-state index contributed by atoms with van der Waals surface area (Å²) in [6.07, 6.45) is 0. The maximum absolute atomic E-state index is 13.9. The monoisotopic (exact) mass is 676 g/mol. The van der Waals surface area contributed by atoms with Gasteiger partial charge in [-0.25, -0.2) is 0 Å². The van der Waals surface area contributed by atoms with Crippen molar-refractivity contribution in [2.75, 3.05) is 6.54 Å². The number of carboxylic acids is 2. The Morgan fingerprint density at radius 2 is 1.45 bits per heavy atom. The van der Waals surface area contributed by atoms with E-state index in [2.05, 4.69) is 10.6 Å². The molecule has 14 nitrogen and oxygen atoms in total. The van der Waals surface area contributed by atoms with Gasteiger partial charge in [0.1, 0.15) is 23.7 Å². The highest BCUT2D eigenvalue weighted by Crippen LogP contribution is 2.41. The molecule has 16 heteroatoms. The van der Waals surface area contributed by atoms with Crippen LogP contribution in [0.15, 0.2) is 58.1 Å². The van der Waals surface area contributed by atoms with E-state index in [0.717, 1.165) is 20.6 Å². The molecule has 4 heterocycles. The zero-order chi connectivity index (χ0) is 33.7. The second-order valence-corrected chi connectivity index (χ2v) is 12.6. The number of nitrogens with one attached hydrogen (secondary N) is 2. The maximum Gasteiger partial charge on any atom is 0.325 e. The van der Waals surface area contributed by atoms with E-state index in [9.17, 15) is 39.0 Å². The minimum absolute atomic E-state index is 0.138. The summed E-state index contributed by atoms with van der Waals surface area (Å²) in [4.78, 5) is 76.8. The first kappa shape index (κ1) is 31.3. The zero-order valence-corrected chi connectivity index (χ0v) is 26.2. The summed E-state index contributed by atoms with van der Waals surface area (Å²) in [7, 11) is 1.47. The first-order valence-electron chi connectivity index (χ1n) is 13.9. The molecule has 0 aliphatic carbocycles. The number of hydrogen-bond donors (Lipinski definition) is 5. The second kappa shape index (κ2) is 11.9. The number of thiophene rings is 2. The highest BCUT2D eigenvalue weighted by atomic mass is 32.1. The summed E-state index contributed by atoms with van der Waals surface area (Å²) < 4.78 is 10.4. The number of aromatic hydroxyl groups is 1. The Kier molecular flexibility index (Phi) is 7.90. The third-order valence-corrected chi connectivity index (χ3v) is 9.84. The van der Waals surface area contributed by atoms with Gasteiger partial charge in [0.05, 0.1) is 20.4 Å². The molecule has 0 bridgehead atoms. The number of rotatable bonds is 9. The SMILES string of the molecule is C[C@H](NC(=O)c1c(OCn2c(=O)c(C(=O)NCC(=O)O)c(O)c3sc4ccccc4c32)c2sc3ccccc3c2n(C)c1=O)C(=O)O. The van der Waals surface area contributed by atoms with Gasteiger partial charge in [-0.2, -0.15) is 0 Å². The third kappa shape index (κ3) is 5.22. The van der Waals surface area contributed by atoms with E-state index < -0.39 is 71.1 Å². The average molecular weight is 677 g/mol. The molecular weight excluding hydrogens is 652 g/mol. The van der Waals surface area contributed by atoms with Crippen LogP contribution in [0.2, 0.25) is 0 Å². The molecular formula is C31H24N4O10S2. The van der Waals surface area contributed by atoms with E-state index in [1.165, 1.54) is 29.9 Å². The number of pyridine rings is 2. The molecule has 2 aromatic carbocycles. The number of amides is 2. The van der Waals surface area contributed by atoms with Crippen LogP contribution in [0.3, 0.4) is 0 Å². The van der Waals surface area contributed by atoms with Crippen LogP contribution in [0.1, 0.15) is 27.6 Å². The van der Waals surface area contributed by atoms with Gasteiger partial charge in [-0.3, -0.25) is 33.3 Å². The van der Waals surface area contributed by atoms with Gasteiger partial charge in [-0.1, -0.05) is 36.4 Å². The Morgan fingerprint density at radius 1 is 0.851 bits per heavy atom. The fraction of sp³-hybridized carbons (Fsp3) is 0.161. The molecule has 0 spiro atoms.